The third kappa shape index (κ3) is 7.40. The Morgan fingerprint density at radius 2 is 2.03 bits per heavy atom. The fourth-order valence-corrected chi connectivity index (χ4v) is 3.92. The van der Waals surface area contributed by atoms with Crippen molar-refractivity contribution in [2.75, 3.05) is 5.32 Å². The molecule has 1 unspecified atom stereocenters. The van der Waals surface area contributed by atoms with Crippen LogP contribution in [-0.2, 0) is 4.79 Å². The first kappa shape index (κ1) is 28.0. The molecular formula is C27H28ClKN4O. The van der Waals surface area contributed by atoms with Crippen molar-refractivity contribution in [1.29, 1.82) is 0 Å². The Hall–Kier alpha value is -2.19. The molecule has 1 aliphatic heterocycles. The van der Waals surface area contributed by atoms with E-state index in [0.717, 1.165) is 33.6 Å². The van der Waals surface area contributed by atoms with Crippen molar-refractivity contribution in [3.05, 3.63) is 119 Å². The van der Waals surface area contributed by atoms with Crippen LogP contribution in [0.1, 0.15) is 17.5 Å². The average Bonchev–Trinajstić information content (AvgIpc) is 2.73. The number of hydrogen-bond acceptors (Lipinski definition) is 4. The molecule has 0 spiro atoms. The van der Waals surface area contributed by atoms with Gasteiger partial charge in [-0.15, -0.1) is 0 Å². The maximum Gasteiger partial charge on any atom is 1.00 e. The van der Waals surface area contributed by atoms with E-state index < -0.39 is 5.91 Å². The van der Waals surface area contributed by atoms with Crippen LogP contribution >= 0.6 is 11.6 Å². The second-order valence-electron chi connectivity index (χ2n) is 7.83. The van der Waals surface area contributed by atoms with Gasteiger partial charge in [0.2, 0.25) is 0 Å². The Bertz CT molecular complexity index is 1200. The van der Waals surface area contributed by atoms with E-state index in [1.54, 1.807) is 12.3 Å². The second-order valence-corrected chi connectivity index (χ2v) is 8.27. The number of carbonyl (C=O) groups is 1. The number of nitrogens with two attached hydrogens (primary N) is 2. The van der Waals surface area contributed by atoms with Gasteiger partial charge in [0.25, 0.3) is 5.91 Å². The Balaban J connectivity index is 0.00000408. The van der Waals surface area contributed by atoms with Crippen LogP contribution in [0.4, 0.5) is 11.4 Å². The molecule has 0 fully saturated rings. The number of benzene rings is 2. The van der Waals surface area contributed by atoms with Gasteiger partial charge in [0.15, 0.2) is 0 Å². The predicted molar refractivity (Wildman–Crippen MR) is 139 cm³/mol. The van der Waals surface area contributed by atoms with Gasteiger partial charge in [0.1, 0.15) is 0 Å². The smallest absolute Gasteiger partial charge is 0.404 e. The molecule has 170 valence electrons. The molecule has 1 amide bonds. The first-order valence-corrected chi connectivity index (χ1v) is 10.9. The molecule has 1 aliphatic rings. The van der Waals surface area contributed by atoms with Crippen molar-refractivity contribution in [3.63, 3.8) is 0 Å². The summed E-state index contributed by atoms with van der Waals surface area (Å²) in [5.41, 5.74) is 17.5. The maximum absolute atomic E-state index is 12.0. The number of aryl methyl sites for hydroxylation is 1. The molecule has 0 radical (unpaired) electrons. The minimum Gasteiger partial charge on any atom is -0.404 e. The number of carbonyl (C=O) groups excluding carboxylic acids is 1. The molecule has 7 heteroatoms. The van der Waals surface area contributed by atoms with Gasteiger partial charge in [-0.05, 0) is 78.1 Å². The standard InChI is InChI=1S/C27H28ClN4O.K/c1-4-6-22-10-18(3)25(13-20(16-31-22)26(15-29)27(30)33)19-11-21(28)14-24(12-19)32-23-8-5-7-17(2)9-23;/h4-9,11-16,22,31-32H,1,3,10,29H2,2H3,(H2,30,33);/q-1;+1/b6-4-,20-16+,25-13+,26-15-;. The summed E-state index contributed by atoms with van der Waals surface area (Å²) in [5.74, 6) is -0.621. The van der Waals surface area contributed by atoms with Gasteiger partial charge in [-0.2, -0.15) is 0 Å². The zero-order valence-corrected chi connectivity index (χ0v) is 23.4. The van der Waals surface area contributed by atoms with Crippen molar-refractivity contribution >= 4 is 34.5 Å². The summed E-state index contributed by atoms with van der Waals surface area (Å²) in [5, 5.41) is 7.25. The van der Waals surface area contributed by atoms with Crippen LogP contribution in [0.5, 0.6) is 0 Å². The monoisotopic (exact) mass is 498 g/mol. The van der Waals surface area contributed by atoms with Gasteiger partial charge in [-0.25, -0.2) is 19.1 Å². The Morgan fingerprint density at radius 1 is 1.26 bits per heavy atom. The van der Waals surface area contributed by atoms with E-state index in [0.29, 0.717) is 17.0 Å². The number of primary amides is 1. The molecular weight excluding hydrogens is 471 g/mol. The average molecular weight is 499 g/mol. The van der Waals surface area contributed by atoms with Crippen LogP contribution in [0.2, 0.25) is 5.02 Å². The molecule has 34 heavy (non-hydrogen) atoms. The second kappa shape index (κ2) is 13.0. The van der Waals surface area contributed by atoms with E-state index in [-0.39, 0.29) is 63.0 Å². The summed E-state index contributed by atoms with van der Waals surface area (Å²) in [7, 11) is 0. The van der Waals surface area contributed by atoms with E-state index in [9.17, 15) is 4.79 Å². The summed E-state index contributed by atoms with van der Waals surface area (Å²) < 4.78 is 0. The molecule has 0 bridgehead atoms. The van der Waals surface area contributed by atoms with Crippen molar-refractivity contribution in [1.82, 2.24) is 5.32 Å². The molecule has 0 saturated heterocycles. The molecule has 3 rings (SSSR count). The Labute approximate surface area is 249 Å². The quantitative estimate of drug-likeness (QED) is 0.279. The molecule has 0 aromatic heterocycles. The third-order valence-corrected chi connectivity index (χ3v) is 5.45. The number of hydrogen-bond donors (Lipinski definition) is 4. The Morgan fingerprint density at radius 3 is 2.68 bits per heavy atom. The fraction of sp³-hybridized carbons (Fsp3) is 0.111. The van der Waals surface area contributed by atoms with Crippen molar-refractivity contribution in [2.45, 2.75) is 19.4 Å². The minimum atomic E-state index is -0.621. The minimum absolute atomic E-state index is 0. The normalized spacial score (nSPS) is 19.5. The van der Waals surface area contributed by atoms with E-state index in [2.05, 4.69) is 30.2 Å². The number of rotatable bonds is 6. The van der Waals surface area contributed by atoms with Gasteiger partial charge in [0.05, 0.1) is 5.57 Å². The molecule has 5 nitrogen and oxygen atoms in total. The van der Waals surface area contributed by atoms with Crippen molar-refractivity contribution < 1.29 is 56.2 Å². The molecule has 0 aliphatic carbocycles. The van der Waals surface area contributed by atoms with E-state index in [1.807, 2.05) is 55.5 Å². The van der Waals surface area contributed by atoms with Crippen LogP contribution in [-0.4, -0.2) is 11.9 Å². The molecule has 2 aromatic rings. The van der Waals surface area contributed by atoms with E-state index in [1.165, 1.54) is 6.20 Å². The summed E-state index contributed by atoms with van der Waals surface area (Å²) in [6.45, 7) is 10.1. The summed E-state index contributed by atoms with van der Waals surface area (Å²) >= 11 is 6.49. The van der Waals surface area contributed by atoms with Gasteiger partial charge < -0.3 is 22.1 Å². The van der Waals surface area contributed by atoms with Crippen LogP contribution in [0, 0.1) is 13.8 Å². The number of allylic oxidation sites excluding steroid dienone is 3. The first-order valence-electron chi connectivity index (χ1n) is 10.5. The fourth-order valence-electron chi connectivity index (χ4n) is 3.69. The van der Waals surface area contributed by atoms with Gasteiger partial charge in [-0.1, -0.05) is 30.3 Å². The molecule has 1 heterocycles. The van der Waals surface area contributed by atoms with Crippen LogP contribution in [0.25, 0.3) is 5.57 Å². The van der Waals surface area contributed by atoms with Crippen molar-refractivity contribution in [3.8, 4) is 0 Å². The summed E-state index contributed by atoms with van der Waals surface area (Å²) in [6.07, 6.45) is 9.08. The zero-order valence-electron chi connectivity index (χ0n) is 19.6. The Kier molecular flexibility index (Phi) is 10.8. The third-order valence-electron chi connectivity index (χ3n) is 5.23. The number of nitrogens with one attached hydrogen (secondary N) is 2. The number of halogens is 1. The van der Waals surface area contributed by atoms with Crippen LogP contribution in [0.15, 0.2) is 96.4 Å². The van der Waals surface area contributed by atoms with Gasteiger partial charge in [-0.3, -0.25) is 4.79 Å². The van der Waals surface area contributed by atoms with E-state index in [4.69, 9.17) is 23.1 Å². The van der Waals surface area contributed by atoms with Crippen molar-refractivity contribution in [2.24, 2.45) is 11.5 Å². The van der Waals surface area contributed by atoms with Gasteiger partial charge in [0, 0.05) is 34.4 Å². The molecule has 2 aromatic carbocycles. The predicted octanol–water partition coefficient (Wildman–Crippen LogP) is 2.30. The number of amides is 1. The molecule has 0 saturated carbocycles. The first-order chi connectivity index (χ1) is 15.8. The maximum atomic E-state index is 12.0. The largest absolute Gasteiger partial charge is 1.00 e. The zero-order chi connectivity index (χ0) is 24.0. The topological polar surface area (TPSA) is 93.2 Å². The van der Waals surface area contributed by atoms with Crippen LogP contribution < -0.4 is 73.5 Å². The number of anilines is 2. The summed E-state index contributed by atoms with van der Waals surface area (Å²) in [6, 6.07) is 13.8. The molecule has 6 N–H and O–H groups in total. The van der Waals surface area contributed by atoms with Gasteiger partial charge >= 0.3 is 51.4 Å². The SMILES string of the molecule is C=C1CC(/C=C\[CH2-])N/C=C(/C(=C/N)C(N)=O)\C=C/1c1cc(Cl)cc(Nc2cccc(C)c2)c1.[K+]. The summed E-state index contributed by atoms with van der Waals surface area (Å²) in [4.78, 5) is 12.0. The van der Waals surface area contributed by atoms with Crippen LogP contribution in [0.3, 0.4) is 0 Å². The van der Waals surface area contributed by atoms with E-state index >= 15 is 0 Å². The molecule has 1 atom stereocenters.